The van der Waals surface area contributed by atoms with E-state index in [9.17, 15) is 4.79 Å². The first kappa shape index (κ1) is 13.4. The van der Waals surface area contributed by atoms with Crippen LogP contribution in [0.15, 0.2) is 16.7 Å². The van der Waals surface area contributed by atoms with Crippen molar-refractivity contribution in [3.05, 3.63) is 21.9 Å². The molecule has 2 N–H and O–H groups in total. The number of pyridine rings is 1. The Morgan fingerprint density at radius 3 is 2.75 bits per heavy atom. The molecule has 6 heteroatoms. The summed E-state index contributed by atoms with van der Waals surface area (Å²) in [4.78, 5) is 15.8. The van der Waals surface area contributed by atoms with Crippen molar-refractivity contribution in [3.63, 3.8) is 0 Å². The minimum absolute atomic E-state index is 0.170. The Balaban J connectivity index is 2.89. The van der Waals surface area contributed by atoms with Crippen LogP contribution in [-0.4, -0.2) is 23.5 Å². The van der Waals surface area contributed by atoms with Gasteiger partial charge in [-0.25, -0.2) is 4.98 Å². The number of amides is 1. The number of nitrogens with one attached hydrogen (secondary N) is 2. The molecule has 0 spiro atoms. The number of aromatic nitrogens is 1. The van der Waals surface area contributed by atoms with Crippen LogP contribution in [0.5, 0.6) is 0 Å². The number of carbonyl (C=O) groups is 1. The van der Waals surface area contributed by atoms with Crippen LogP contribution in [-0.2, 0) is 4.79 Å². The summed E-state index contributed by atoms with van der Waals surface area (Å²) in [5.41, 5.74) is -0.171. The molecule has 1 aromatic rings. The van der Waals surface area contributed by atoms with Crippen LogP contribution in [0.1, 0.15) is 13.8 Å². The van der Waals surface area contributed by atoms with Crippen molar-refractivity contribution in [3.8, 4) is 0 Å². The van der Waals surface area contributed by atoms with Crippen LogP contribution in [0.25, 0.3) is 0 Å². The molecule has 1 heterocycles. The van der Waals surface area contributed by atoms with Crippen molar-refractivity contribution in [2.45, 2.75) is 19.4 Å². The van der Waals surface area contributed by atoms with E-state index in [2.05, 4.69) is 31.5 Å². The number of likely N-dealkylation sites (N-methyl/N-ethyl adjacent to an activating group) is 1. The van der Waals surface area contributed by atoms with E-state index in [1.807, 2.05) is 0 Å². The Labute approximate surface area is 108 Å². The highest BCUT2D eigenvalue weighted by Gasteiger charge is 2.25. The molecule has 0 aliphatic carbocycles. The Bertz CT molecular complexity index is 409. The lowest BCUT2D eigenvalue weighted by molar-refractivity contribution is -0.121. The maximum atomic E-state index is 11.9. The van der Waals surface area contributed by atoms with Gasteiger partial charge in [0.05, 0.1) is 11.2 Å². The molecule has 4 nitrogen and oxygen atoms in total. The summed E-state index contributed by atoms with van der Waals surface area (Å²) in [5, 5.41) is 5.89. The minimum Gasteiger partial charge on any atom is -0.322 e. The second-order valence-corrected chi connectivity index (χ2v) is 5.09. The summed E-state index contributed by atoms with van der Waals surface area (Å²) >= 11 is 9.13. The third-order valence-corrected chi connectivity index (χ3v) is 2.98. The number of hydrogen-bond donors (Lipinski definition) is 2. The number of halogens is 2. The van der Waals surface area contributed by atoms with E-state index >= 15 is 0 Å². The lowest BCUT2D eigenvalue weighted by Gasteiger charge is -2.22. The van der Waals surface area contributed by atoms with Gasteiger partial charge in [-0.2, -0.15) is 0 Å². The molecule has 0 unspecified atom stereocenters. The van der Waals surface area contributed by atoms with E-state index in [1.165, 1.54) is 0 Å². The molecule has 1 aromatic heterocycles. The molecule has 0 saturated carbocycles. The van der Waals surface area contributed by atoms with Gasteiger partial charge in [0.15, 0.2) is 5.15 Å². The lowest BCUT2D eigenvalue weighted by Crippen LogP contribution is -2.47. The average molecular weight is 307 g/mol. The topological polar surface area (TPSA) is 54.0 Å². The molecular weight excluding hydrogens is 293 g/mol. The summed E-state index contributed by atoms with van der Waals surface area (Å²) in [6, 6.07) is 1.71. The Morgan fingerprint density at radius 1 is 1.56 bits per heavy atom. The Kier molecular flexibility index (Phi) is 4.29. The molecule has 0 atom stereocenters. The van der Waals surface area contributed by atoms with Crippen LogP contribution in [0, 0.1) is 0 Å². The van der Waals surface area contributed by atoms with E-state index in [0.717, 1.165) is 4.47 Å². The normalized spacial score (nSPS) is 11.3. The summed E-state index contributed by atoms with van der Waals surface area (Å²) in [6.45, 7) is 3.56. The molecule has 16 heavy (non-hydrogen) atoms. The molecular formula is C10H13BrClN3O. The minimum atomic E-state index is -0.661. The highest BCUT2D eigenvalue weighted by Crippen LogP contribution is 2.23. The zero-order valence-corrected chi connectivity index (χ0v) is 11.6. The van der Waals surface area contributed by atoms with E-state index in [4.69, 9.17) is 11.6 Å². The second kappa shape index (κ2) is 5.12. The van der Waals surface area contributed by atoms with E-state index < -0.39 is 5.54 Å². The molecule has 0 aromatic carbocycles. The first-order chi connectivity index (χ1) is 7.36. The van der Waals surface area contributed by atoms with Crippen molar-refractivity contribution in [2.75, 3.05) is 12.4 Å². The zero-order valence-electron chi connectivity index (χ0n) is 9.27. The van der Waals surface area contributed by atoms with Gasteiger partial charge in [0, 0.05) is 10.7 Å². The highest BCUT2D eigenvalue weighted by atomic mass is 79.9. The second-order valence-electron chi connectivity index (χ2n) is 3.82. The number of anilines is 1. The van der Waals surface area contributed by atoms with Crippen molar-refractivity contribution >= 4 is 39.1 Å². The van der Waals surface area contributed by atoms with Crippen LogP contribution < -0.4 is 10.6 Å². The average Bonchev–Trinajstić information content (AvgIpc) is 2.23. The van der Waals surface area contributed by atoms with E-state index in [0.29, 0.717) is 5.69 Å². The monoisotopic (exact) mass is 305 g/mol. The van der Waals surface area contributed by atoms with Gasteiger partial charge in [0.2, 0.25) is 5.91 Å². The largest absolute Gasteiger partial charge is 0.322 e. The Morgan fingerprint density at radius 2 is 2.19 bits per heavy atom. The molecule has 0 saturated heterocycles. The fourth-order valence-electron chi connectivity index (χ4n) is 0.902. The van der Waals surface area contributed by atoms with E-state index in [1.54, 1.807) is 33.2 Å². The number of carbonyl (C=O) groups excluding carboxylic acids is 1. The van der Waals surface area contributed by atoms with Gasteiger partial charge in [-0.1, -0.05) is 11.6 Å². The number of hydrogen-bond acceptors (Lipinski definition) is 3. The molecule has 0 bridgehead atoms. The van der Waals surface area contributed by atoms with Crippen LogP contribution in [0.2, 0.25) is 5.15 Å². The van der Waals surface area contributed by atoms with Crippen molar-refractivity contribution in [1.82, 2.24) is 10.3 Å². The number of rotatable bonds is 3. The summed E-state index contributed by atoms with van der Waals surface area (Å²) in [7, 11) is 1.72. The van der Waals surface area contributed by atoms with Gasteiger partial charge in [-0.05, 0) is 42.9 Å². The van der Waals surface area contributed by atoms with Gasteiger partial charge in [-0.15, -0.1) is 0 Å². The van der Waals surface area contributed by atoms with Gasteiger partial charge in [-0.3, -0.25) is 4.79 Å². The summed E-state index contributed by atoms with van der Waals surface area (Å²) < 4.78 is 0.759. The van der Waals surface area contributed by atoms with Gasteiger partial charge in [0.1, 0.15) is 0 Å². The molecule has 0 fully saturated rings. The van der Waals surface area contributed by atoms with Gasteiger partial charge >= 0.3 is 0 Å². The summed E-state index contributed by atoms with van der Waals surface area (Å²) in [5.74, 6) is -0.170. The molecule has 0 aliphatic heterocycles. The van der Waals surface area contributed by atoms with Crippen LogP contribution in [0.3, 0.4) is 0 Å². The first-order valence-electron chi connectivity index (χ1n) is 4.68. The maximum Gasteiger partial charge on any atom is 0.244 e. The molecule has 0 aliphatic rings. The van der Waals surface area contributed by atoms with Crippen LogP contribution >= 0.6 is 27.5 Å². The van der Waals surface area contributed by atoms with Crippen molar-refractivity contribution in [1.29, 1.82) is 0 Å². The maximum absolute atomic E-state index is 11.9. The zero-order chi connectivity index (χ0) is 12.3. The third kappa shape index (κ3) is 3.17. The molecule has 1 rings (SSSR count). The van der Waals surface area contributed by atoms with Gasteiger partial charge < -0.3 is 10.6 Å². The SMILES string of the molecule is CNC(C)(C)C(=O)Nc1cc(Br)cnc1Cl. The highest BCUT2D eigenvalue weighted by molar-refractivity contribution is 9.10. The predicted molar refractivity (Wildman–Crippen MR) is 68.7 cm³/mol. The van der Waals surface area contributed by atoms with Gasteiger partial charge in [0.25, 0.3) is 0 Å². The fraction of sp³-hybridized carbons (Fsp3) is 0.400. The Hall–Kier alpha value is -0.650. The first-order valence-corrected chi connectivity index (χ1v) is 5.85. The number of nitrogens with zero attached hydrogens (tertiary/aromatic N) is 1. The molecule has 0 radical (unpaired) electrons. The third-order valence-electron chi connectivity index (χ3n) is 2.25. The standard InChI is InChI=1S/C10H13BrClN3O/c1-10(2,13-3)9(16)15-7-4-6(11)5-14-8(7)12/h4-5,13H,1-3H3,(H,15,16). The smallest absolute Gasteiger partial charge is 0.244 e. The molecule has 1 amide bonds. The quantitative estimate of drug-likeness (QED) is 0.843. The predicted octanol–water partition coefficient (Wildman–Crippen LogP) is 2.43. The van der Waals surface area contributed by atoms with Crippen LogP contribution in [0.4, 0.5) is 5.69 Å². The van der Waals surface area contributed by atoms with Crippen molar-refractivity contribution in [2.24, 2.45) is 0 Å². The van der Waals surface area contributed by atoms with Crippen molar-refractivity contribution < 1.29 is 4.79 Å². The molecule has 88 valence electrons. The lowest BCUT2D eigenvalue weighted by atomic mass is 10.1. The fourth-order valence-corrected chi connectivity index (χ4v) is 1.38. The summed E-state index contributed by atoms with van der Waals surface area (Å²) in [6.07, 6.45) is 1.57. The van der Waals surface area contributed by atoms with E-state index in [-0.39, 0.29) is 11.1 Å².